The number of anilines is 1. The zero-order chi connectivity index (χ0) is 16.5. The van der Waals surface area contributed by atoms with Crippen molar-refractivity contribution in [2.45, 2.75) is 12.8 Å². The molecule has 1 amide bonds. The van der Waals surface area contributed by atoms with Gasteiger partial charge in [-0.15, -0.1) is 13.2 Å². The lowest BCUT2D eigenvalue weighted by Gasteiger charge is -2.19. The van der Waals surface area contributed by atoms with E-state index in [1.165, 1.54) is 0 Å². The van der Waals surface area contributed by atoms with Crippen LogP contribution in [0, 0.1) is 0 Å². The Labute approximate surface area is 132 Å². The molecule has 0 radical (unpaired) electrons. The molecule has 0 aliphatic heterocycles. The fourth-order valence-corrected chi connectivity index (χ4v) is 2.14. The number of hydrogen-bond acceptors (Lipinski definition) is 4. The fourth-order valence-electron chi connectivity index (χ4n) is 2.14. The number of hydrogen-bond donors (Lipinski definition) is 1. The molecule has 1 aromatic carbocycles. The van der Waals surface area contributed by atoms with Gasteiger partial charge in [0.2, 0.25) is 5.91 Å². The molecule has 5 nitrogen and oxygen atoms in total. The van der Waals surface area contributed by atoms with E-state index in [0.29, 0.717) is 43.1 Å². The molecule has 2 N–H and O–H groups in total. The molecule has 0 unspecified atom stereocenters. The molecule has 0 aliphatic rings. The van der Waals surface area contributed by atoms with Crippen LogP contribution in [0.2, 0.25) is 0 Å². The lowest BCUT2D eigenvalue weighted by atomic mass is 10.1. The molecule has 0 fully saturated rings. The van der Waals surface area contributed by atoms with Crippen LogP contribution in [0.4, 0.5) is 5.69 Å². The number of rotatable bonds is 9. The first-order valence-corrected chi connectivity index (χ1v) is 7.07. The second kappa shape index (κ2) is 8.77. The number of methoxy groups -OCH3 is 2. The third-order valence-electron chi connectivity index (χ3n) is 3.31. The second-order valence-corrected chi connectivity index (χ2v) is 4.78. The molecular formula is C17H24N2O3. The molecule has 0 bridgehead atoms. The second-order valence-electron chi connectivity index (χ2n) is 4.78. The normalized spacial score (nSPS) is 9.91. The van der Waals surface area contributed by atoms with Gasteiger partial charge in [-0.1, -0.05) is 12.2 Å². The predicted octanol–water partition coefficient (Wildman–Crippen LogP) is 2.42. The van der Waals surface area contributed by atoms with Gasteiger partial charge >= 0.3 is 0 Å². The average molecular weight is 304 g/mol. The molecule has 120 valence electrons. The predicted molar refractivity (Wildman–Crippen MR) is 89.3 cm³/mol. The Bertz CT molecular complexity index is 531. The number of nitrogens with two attached hydrogens (primary N) is 1. The Morgan fingerprint density at radius 3 is 2.23 bits per heavy atom. The summed E-state index contributed by atoms with van der Waals surface area (Å²) in [5.41, 5.74) is 7.46. The summed E-state index contributed by atoms with van der Waals surface area (Å²) in [7, 11) is 3.13. The van der Waals surface area contributed by atoms with Crippen molar-refractivity contribution in [1.82, 2.24) is 4.90 Å². The minimum atomic E-state index is 0.0361. The topological polar surface area (TPSA) is 64.8 Å². The van der Waals surface area contributed by atoms with Crippen LogP contribution in [0.5, 0.6) is 11.5 Å². The maximum Gasteiger partial charge on any atom is 0.223 e. The summed E-state index contributed by atoms with van der Waals surface area (Å²) >= 11 is 0. The lowest BCUT2D eigenvalue weighted by Crippen LogP contribution is -2.31. The number of nitrogen functional groups attached to an aromatic ring is 1. The van der Waals surface area contributed by atoms with Crippen LogP contribution in [0.3, 0.4) is 0 Å². The zero-order valence-electron chi connectivity index (χ0n) is 13.3. The summed E-state index contributed by atoms with van der Waals surface area (Å²) in [6.07, 6.45) is 4.30. The van der Waals surface area contributed by atoms with Crippen molar-refractivity contribution in [3.05, 3.63) is 43.0 Å². The van der Waals surface area contributed by atoms with Gasteiger partial charge in [-0.05, 0) is 18.1 Å². The molecule has 0 saturated heterocycles. The Balaban J connectivity index is 2.80. The molecule has 22 heavy (non-hydrogen) atoms. The Hall–Kier alpha value is -2.43. The quantitative estimate of drug-likeness (QED) is 0.562. The molecule has 0 heterocycles. The zero-order valence-corrected chi connectivity index (χ0v) is 13.3. The van der Waals surface area contributed by atoms with Crippen LogP contribution in [-0.4, -0.2) is 38.1 Å². The van der Waals surface area contributed by atoms with Crippen LogP contribution < -0.4 is 15.2 Å². The number of aryl methyl sites for hydroxylation is 1. The van der Waals surface area contributed by atoms with E-state index in [2.05, 4.69) is 13.2 Å². The SMILES string of the molecule is C=CCN(CC=C)C(=O)CCc1cc(OC)c(OC)cc1N. The number of carbonyl (C=O) groups is 1. The van der Waals surface area contributed by atoms with Crippen molar-refractivity contribution < 1.29 is 14.3 Å². The van der Waals surface area contributed by atoms with Crippen molar-refractivity contribution in [1.29, 1.82) is 0 Å². The van der Waals surface area contributed by atoms with Gasteiger partial charge in [-0.3, -0.25) is 4.79 Å². The lowest BCUT2D eigenvalue weighted by molar-refractivity contribution is -0.130. The Morgan fingerprint density at radius 1 is 1.18 bits per heavy atom. The van der Waals surface area contributed by atoms with E-state index in [1.54, 1.807) is 37.3 Å². The third kappa shape index (κ3) is 4.55. The van der Waals surface area contributed by atoms with Gasteiger partial charge in [0.05, 0.1) is 14.2 Å². The number of ether oxygens (including phenoxy) is 2. The van der Waals surface area contributed by atoms with Crippen LogP contribution in [0.1, 0.15) is 12.0 Å². The number of amides is 1. The highest BCUT2D eigenvalue weighted by atomic mass is 16.5. The molecule has 0 spiro atoms. The van der Waals surface area contributed by atoms with E-state index in [4.69, 9.17) is 15.2 Å². The molecule has 1 aromatic rings. The van der Waals surface area contributed by atoms with E-state index < -0.39 is 0 Å². The third-order valence-corrected chi connectivity index (χ3v) is 3.31. The smallest absolute Gasteiger partial charge is 0.223 e. The summed E-state index contributed by atoms with van der Waals surface area (Å²) in [4.78, 5) is 13.9. The Kier molecular flexibility index (Phi) is 7.02. The average Bonchev–Trinajstić information content (AvgIpc) is 2.52. The summed E-state index contributed by atoms with van der Waals surface area (Å²) in [6, 6.07) is 3.52. The number of carbonyl (C=O) groups excluding carboxylic acids is 1. The van der Waals surface area contributed by atoms with Gasteiger partial charge in [-0.25, -0.2) is 0 Å². The van der Waals surface area contributed by atoms with Crippen molar-refractivity contribution in [3.8, 4) is 11.5 Å². The van der Waals surface area contributed by atoms with E-state index in [9.17, 15) is 4.79 Å². The Morgan fingerprint density at radius 2 is 1.73 bits per heavy atom. The highest BCUT2D eigenvalue weighted by molar-refractivity contribution is 5.77. The summed E-state index contributed by atoms with van der Waals surface area (Å²) in [5.74, 6) is 1.22. The minimum Gasteiger partial charge on any atom is -0.493 e. The van der Waals surface area contributed by atoms with Gasteiger partial charge < -0.3 is 20.1 Å². The molecule has 0 aromatic heterocycles. The molecular weight excluding hydrogens is 280 g/mol. The number of benzene rings is 1. The van der Waals surface area contributed by atoms with E-state index in [0.717, 1.165) is 5.56 Å². The van der Waals surface area contributed by atoms with Gasteiger partial charge in [0, 0.05) is 31.3 Å². The number of nitrogens with zero attached hydrogens (tertiary/aromatic N) is 1. The standard InChI is InChI=1S/C17H24N2O3/c1-5-9-19(10-6-2)17(20)8-7-13-11-15(21-3)16(22-4)12-14(13)18/h5-6,11-12H,1-2,7-10,18H2,3-4H3. The van der Waals surface area contributed by atoms with Crippen molar-refractivity contribution >= 4 is 11.6 Å². The van der Waals surface area contributed by atoms with Crippen LogP contribution >= 0.6 is 0 Å². The van der Waals surface area contributed by atoms with Crippen molar-refractivity contribution in [2.24, 2.45) is 0 Å². The van der Waals surface area contributed by atoms with Crippen molar-refractivity contribution in [3.63, 3.8) is 0 Å². The van der Waals surface area contributed by atoms with E-state index >= 15 is 0 Å². The summed E-state index contributed by atoms with van der Waals surface area (Å²) in [6.45, 7) is 8.33. The van der Waals surface area contributed by atoms with Crippen molar-refractivity contribution in [2.75, 3.05) is 33.0 Å². The van der Waals surface area contributed by atoms with Crippen LogP contribution in [0.15, 0.2) is 37.4 Å². The molecule has 0 aliphatic carbocycles. The maximum absolute atomic E-state index is 12.2. The molecule has 0 atom stereocenters. The fraction of sp³-hybridized carbons (Fsp3) is 0.353. The monoisotopic (exact) mass is 304 g/mol. The first-order chi connectivity index (χ1) is 10.6. The minimum absolute atomic E-state index is 0.0361. The van der Waals surface area contributed by atoms with Crippen LogP contribution in [0.25, 0.3) is 0 Å². The molecule has 0 saturated carbocycles. The highest BCUT2D eigenvalue weighted by Gasteiger charge is 2.14. The highest BCUT2D eigenvalue weighted by Crippen LogP contribution is 2.32. The van der Waals surface area contributed by atoms with E-state index in [-0.39, 0.29) is 5.91 Å². The van der Waals surface area contributed by atoms with Gasteiger partial charge in [0.25, 0.3) is 0 Å². The largest absolute Gasteiger partial charge is 0.493 e. The first kappa shape index (κ1) is 17.6. The van der Waals surface area contributed by atoms with Gasteiger partial charge in [0.1, 0.15) is 0 Å². The van der Waals surface area contributed by atoms with Crippen LogP contribution in [-0.2, 0) is 11.2 Å². The van der Waals surface area contributed by atoms with E-state index in [1.807, 2.05) is 6.07 Å². The molecule has 5 heteroatoms. The van der Waals surface area contributed by atoms with Gasteiger partial charge in [-0.2, -0.15) is 0 Å². The maximum atomic E-state index is 12.2. The summed E-state index contributed by atoms with van der Waals surface area (Å²) < 4.78 is 10.5. The summed E-state index contributed by atoms with van der Waals surface area (Å²) in [5, 5.41) is 0. The van der Waals surface area contributed by atoms with Gasteiger partial charge in [0.15, 0.2) is 11.5 Å². The first-order valence-electron chi connectivity index (χ1n) is 7.07. The molecule has 1 rings (SSSR count).